The molecule has 0 radical (unpaired) electrons. The van der Waals surface area contributed by atoms with Crippen molar-refractivity contribution in [2.45, 2.75) is 76.2 Å². The van der Waals surface area contributed by atoms with Gasteiger partial charge in [0.2, 0.25) is 15.9 Å². The number of carbonyl (C=O) groups is 1. The number of likely N-dealkylation sites (tertiary alicyclic amines) is 1. The second-order valence-electron chi connectivity index (χ2n) is 10.2. The van der Waals surface area contributed by atoms with Crippen LogP contribution in [0.2, 0.25) is 0 Å². The van der Waals surface area contributed by atoms with Gasteiger partial charge in [-0.2, -0.15) is 17.5 Å². The molecule has 10 heteroatoms. The summed E-state index contributed by atoms with van der Waals surface area (Å²) in [5.74, 6) is 0.526. The van der Waals surface area contributed by atoms with Crippen LogP contribution in [0.15, 0.2) is 29.2 Å². The summed E-state index contributed by atoms with van der Waals surface area (Å²) in [6.07, 6.45) is -2.49. The van der Waals surface area contributed by atoms with Gasteiger partial charge < -0.3 is 10.2 Å². The summed E-state index contributed by atoms with van der Waals surface area (Å²) in [5, 5.41) is 3.10. The average molecular weight is 504 g/mol. The fourth-order valence-corrected chi connectivity index (χ4v) is 7.50. The van der Waals surface area contributed by atoms with Crippen LogP contribution in [0.5, 0.6) is 0 Å². The molecule has 1 amide bonds. The van der Waals surface area contributed by atoms with Gasteiger partial charge in [0.1, 0.15) is 0 Å². The Morgan fingerprint density at radius 2 is 1.85 bits per heavy atom. The molecule has 2 aliphatic rings. The largest absolute Gasteiger partial charge is 0.416 e. The lowest BCUT2D eigenvalue weighted by molar-refractivity contribution is -0.137. The first-order chi connectivity index (χ1) is 15.8. The average Bonchev–Trinajstić information content (AvgIpc) is 3.32. The highest BCUT2D eigenvalue weighted by molar-refractivity contribution is 7.89. The van der Waals surface area contributed by atoms with E-state index in [1.807, 2.05) is 4.90 Å². The second-order valence-corrected chi connectivity index (χ2v) is 12.1. The zero-order valence-electron chi connectivity index (χ0n) is 20.5. The van der Waals surface area contributed by atoms with Gasteiger partial charge in [-0.3, -0.25) is 4.79 Å². The number of benzene rings is 1. The summed E-state index contributed by atoms with van der Waals surface area (Å²) in [6.45, 7) is 8.67. The molecular weight excluding hydrogens is 467 g/mol. The summed E-state index contributed by atoms with van der Waals surface area (Å²) in [4.78, 5) is 14.6. The van der Waals surface area contributed by atoms with E-state index in [0.29, 0.717) is 37.9 Å². The maximum absolute atomic E-state index is 13.6. The van der Waals surface area contributed by atoms with E-state index in [2.05, 4.69) is 19.2 Å². The number of nitrogens with one attached hydrogen (secondary N) is 1. The van der Waals surface area contributed by atoms with E-state index in [-0.39, 0.29) is 34.7 Å². The van der Waals surface area contributed by atoms with Crippen molar-refractivity contribution in [2.75, 3.05) is 20.1 Å². The molecule has 4 atom stereocenters. The second kappa shape index (κ2) is 10.1. The molecule has 34 heavy (non-hydrogen) atoms. The number of hydrogen-bond donors (Lipinski definition) is 1. The maximum Gasteiger partial charge on any atom is 0.416 e. The number of alkyl halides is 3. The van der Waals surface area contributed by atoms with Crippen LogP contribution in [0.3, 0.4) is 0 Å². The fraction of sp³-hybridized carbons (Fsp3) is 0.708. The first kappa shape index (κ1) is 26.9. The Morgan fingerprint density at radius 1 is 1.18 bits per heavy atom. The molecule has 3 rings (SSSR count). The Kier molecular flexibility index (Phi) is 8.04. The maximum atomic E-state index is 13.6. The van der Waals surface area contributed by atoms with Gasteiger partial charge in [0, 0.05) is 25.2 Å². The van der Waals surface area contributed by atoms with Crippen molar-refractivity contribution < 1.29 is 26.4 Å². The van der Waals surface area contributed by atoms with E-state index in [4.69, 9.17) is 0 Å². The van der Waals surface area contributed by atoms with Crippen molar-refractivity contribution in [2.24, 2.45) is 17.8 Å². The molecular formula is C24H36F3N3O3S. The lowest BCUT2D eigenvalue weighted by Crippen LogP contribution is -2.49. The molecule has 0 aromatic heterocycles. The van der Waals surface area contributed by atoms with Crippen molar-refractivity contribution >= 4 is 15.9 Å². The number of rotatable bonds is 8. The Hall–Kier alpha value is -1.65. The standard InChI is InChI=1S/C24H36F3N3O3S/c1-15(2)11-21(28-5)23(31)29-13-17-9-10-22(20(17)14-29)30(16(3)4)34(32,33)19-8-6-7-18(12-19)24(25,26)27/h6-8,12,15-17,20-22,28H,9-11,13-14H2,1-5H3/t17?,20?,21-,22?/m0/s1. The van der Waals surface area contributed by atoms with E-state index in [9.17, 15) is 26.4 Å². The van der Waals surface area contributed by atoms with Crippen molar-refractivity contribution in [3.8, 4) is 0 Å². The minimum atomic E-state index is -4.63. The quantitative estimate of drug-likeness (QED) is 0.583. The van der Waals surface area contributed by atoms with Crippen LogP contribution in [0, 0.1) is 17.8 Å². The molecule has 3 unspecified atom stereocenters. The summed E-state index contributed by atoms with van der Waals surface area (Å²) in [7, 11) is -2.39. The summed E-state index contributed by atoms with van der Waals surface area (Å²) in [5.41, 5.74) is -0.984. The summed E-state index contributed by atoms with van der Waals surface area (Å²) >= 11 is 0. The Bertz CT molecular complexity index is 981. The van der Waals surface area contributed by atoms with Gasteiger partial charge in [-0.1, -0.05) is 19.9 Å². The van der Waals surface area contributed by atoms with Gasteiger partial charge >= 0.3 is 6.18 Å². The SMILES string of the molecule is CN[C@@H](CC(C)C)C(=O)N1CC2CCC(N(C(C)C)S(=O)(=O)c3cccc(C(F)(F)F)c3)C2C1. The summed E-state index contributed by atoms with van der Waals surface area (Å²) < 4.78 is 68.3. The lowest BCUT2D eigenvalue weighted by Gasteiger charge is -2.35. The van der Waals surface area contributed by atoms with Crippen LogP contribution < -0.4 is 5.32 Å². The van der Waals surface area contributed by atoms with Crippen LogP contribution in [0.1, 0.15) is 52.5 Å². The third-order valence-corrected chi connectivity index (χ3v) is 9.15. The molecule has 0 bridgehead atoms. The number of fused-ring (bicyclic) bond motifs is 1. The molecule has 0 spiro atoms. The number of amides is 1. The molecule has 2 fully saturated rings. The zero-order chi connectivity index (χ0) is 25.4. The minimum Gasteiger partial charge on any atom is -0.341 e. The normalized spacial score (nSPS) is 24.3. The topological polar surface area (TPSA) is 69.7 Å². The van der Waals surface area contributed by atoms with Crippen LogP contribution in [0.4, 0.5) is 13.2 Å². The Morgan fingerprint density at radius 3 is 2.41 bits per heavy atom. The van der Waals surface area contributed by atoms with Gasteiger partial charge in [-0.15, -0.1) is 0 Å². The highest BCUT2D eigenvalue weighted by atomic mass is 32.2. The van der Waals surface area contributed by atoms with Gasteiger partial charge in [-0.05, 0) is 76.1 Å². The number of nitrogens with zero attached hydrogens (tertiary/aromatic N) is 2. The van der Waals surface area contributed by atoms with Gasteiger partial charge in [0.05, 0.1) is 16.5 Å². The molecule has 6 nitrogen and oxygen atoms in total. The molecule has 1 saturated heterocycles. The van der Waals surface area contributed by atoms with Crippen LogP contribution in [-0.2, 0) is 21.0 Å². The van der Waals surface area contributed by atoms with E-state index >= 15 is 0 Å². The smallest absolute Gasteiger partial charge is 0.341 e. The first-order valence-corrected chi connectivity index (χ1v) is 13.4. The van der Waals surface area contributed by atoms with Crippen molar-refractivity contribution in [1.29, 1.82) is 0 Å². The van der Waals surface area contributed by atoms with Crippen LogP contribution in [-0.4, -0.2) is 61.8 Å². The number of hydrogen-bond acceptors (Lipinski definition) is 4. The first-order valence-electron chi connectivity index (χ1n) is 11.9. The van der Waals surface area contributed by atoms with E-state index in [1.165, 1.54) is 10.4 Å². The lowest BCUT2D eigenvalue weighted by atomic mass is 9.97. The summed E-state index contributed by atoms with van der Waals surface area (Å²) in [6, 6.07) is 2.87. The minimum absolute atomic E-state index is 0.0289. The van der Waals surface area contributed by atoms with Crippen LogP contribution >= 0.6 is 0 Å². The molecule has 1 aliphatic heterocycles. The van der Waals surface area contributed by atoms with E-state index in [1.54, 1.807) is 20.9 Å². The number of carbonyl (C=O) groups excluding carboxylic acids is 1. The molecule has 1 N–H and O–H groups in total. The van der Waals surface area contributed by atoms with Crippen molar-refractivity contribution in [1.82, 2.24) is 14.5 Å². The highest BCUT2D eigenvalue weighted by Gasteiger charge is 2.50. The predicted octanol–water partition coefficient (Wildman–Crippen LogP) is 3.98. The third kappa shape index (κ3) is 5.44. The molecule has 192 valence electrons. The third-order valence-electron chi connectivity index (χ3n) is 7.06. The highest BCUT2D eigenvalue weighted by Crippen LogP contribution is 2.43. The molecule has 1 aliphatic carbocycles. The molecule has 1 aromatic rings. The van der Waals surface area contributed by atoms with E-state index < -0.39 is 27.8 Å². The van der Waals surface area contributed by atoms with Crippen molar-refractivity contribution in [3.63, 3.8) is 0 Å². The monoisotopic (exact) mass is 503 g/mol. The number of halogens is 3. The molecule has 1 aromatic carbocycles. The molecule has 1 saturated carbocycles. The van der Waals surface area contributed by atoms with Crippen molar-refractivity contribution in [3.05, 3.63) is 29.8 Å². The van der Waals surface area contributed by atoms with Gasteiger partial charge in [0.25, 0.3) is 0 Å². The Labute approximate surface area is 200 Å². The fourth-order valence-electron chi connectivity index (χ4n) is 5.56. The van der Waals surface area contributed by atoms with Gasteiger partial charge in [-0.25, -0.2) is 8.42 Å². The van der Waals surface area contributed by atoms with Gasteiger partial charge in [0.15, 0.2) is 0 Å². The van der Waals surface area contributed by atoms with E-state index in [0.717, 1.165) is 18.6 Å². The number of sulfonamides is 1. The Balaban J connectivity index is 1.86. The zero-order valence-corrected chi connectivity index (χ0v) is 21.3. The number of likely N-dealkylation sites (N-methyl/N-ethyl adjacent to an activating group) is 1. The van der Waals surface area contributed by atoms with Crippen LogP contribution in [0.25, 0.3) is 0 Å². The molecule has 1 heterocycles. The predicted molar refractivity (Wildman–Crippen MR) is 124 cm³/mol.